The molecule has 0 bridgehead atoms. The van der Waals surface area contributed by atoms with Crippen LogP contribution in [0.1, 0.15) is 56.1 Å². The highest BCUT2D eigenvalue weighted by molar-refractivity contribution is 6.30. The molecular formula is C26H30ClN3O3. The zero-order chi connectivity index (χ0) is 23.3. The van der Waals surface area contributed by atoms with Gasteiger partial charge in [0, 0.05) is 29.7 Å². The number of carbonyl (C=O) groups is 2. The van der Waals surface area contributed by atoms with Crippen LogP contribution in [0, 0.1) is 11.8 Å². The summed E-state index contributed by atoms with van der Waals surface area (Å²) in [5.41, 5.74) is 1.85. The molecule has 0 radical (unpaired) electrons. The van der Waals surface area contributed by atoms with Crippen molar-refractivity contribution in [1.82, 2.24) is 14.8 Å². The zero-order valence-electron chi connectivity index (χ0n) is 19.3. The van der Waals surface area contributed by atoms with Gasteiger partial charge in [-0.1, -0.05) is 50.4 Å². The van der Waals surface area contributed by atoms with Crippen molar-refractivity contribution in [3.63, 3.8) is 0 Å². The molecule has 174 valence electrons. The van der Waals surface area contributed by atoms with Gasteiger partial charge >= 0.3 is 0 Å². The van der Waals surface area contributed by atoms with E-state index in [1.807, 2.05) is 35.8 Å². The Morgan fingerprint density at radius 2 is 2.06 bits per heavy atom. The summed E-state index contributed by atoms with van der Waals surface area (Å²) in [5.74, 6) is 0.666. The molecule has 4 unspecified atom stereocenters. The predicted octanol–water partition coefficient (Wildman–Crippen LogP) is 5.24. The van der Waals surface area contributed by atoms with E-state index in [-0.39, 0.29) is 17.9 Å². The lowest BCUT2D eigenvalue weighted by molar-refractivity contribution is -0.134. The fraction of sp³-hybridized carbons (Fsp3) is 0.462. The number of halogens is 1. The van der Waals surface area contributed by atoms with Crippen LogP contribution in [-0.2, 0) is 17.9 Å². The molecule has 33 heavy (non-hydrogen) atoms. The number of fused-ring (bicyclic) bond motifs is 3. The SMILES string of the molecule is CC1CCCC(NC(=O)C2(C)Cn3c(cc4occc43)C(=O)N2Cc2cccc(Cl)c2)C1C. The van der Waals surface area contributed by atoms with E-state index in [2.05, 4.69) is 19.2 Å². The van der Waals surface area contributed by atoms with Crippen molar-refractivity contribution < 1.29 is 14.0 Å². The van der Waals surface area contributed by atoms with Gasteiger partial charge in [-0.05, 0) is 42.9 Å². The molecule has 0 saturated heterocycles. The number of nitrogens with zero attached hydrogens (tertiary/aromatic N) is 2. The molecule has 2 aromatic heterocycles. The first kappa shape index (κ1) is 22.1. The van der Waals surface area contributed by atoms with E-state index in [9.17, 15) is 9.59 Å². The van der Waals surface area contributed by atoms with Gasteiger partial charge in [0.05, 0.1) is 18.3 Å². The minimum absolute atomic E-state index is 0.111. The van der Waals surface area contributed by atoms with E-state index in [1.165, 1.54) is 6.42 Å². The highest BCUT2D eigenvalue weighted by Gasteiger charge is 2.48. The average Bonchev–Trinajstić information content (AvgIpc) is 3.37. The van der Waals surface area contributed by atoms with E-state index in [0.29, 0.717) is 41.2 Å². The molecule has 6 nitrogen and oxygen atoms in total. The van der Waals surface area contributed by atoms with Gasteiger partial charge in [-0.15, -0.1) is 0 Å². The Labute approximate surface area is 198 Å². The molecule has 1 aromatic carbocycles. The van der Waals surface area contributed by atoms with Crippen LogP contribution in [0.3, 0.4) is 0 Å². The Morgan fingerprint density at radius 1 is 1.24 bits per heavy atom. The maximum atomic E-state index is 13.9. The molecule has 4 atom stereocenters. The first-order valence-electron chi connectivity index (χ1n) is 11.7. The molecule has 1 N–H and O–H groups in total. The molecule has 3 aromatic rings. The number of carbonyl (C=O) groups excluding carboxylic acids is 2. The van der Waals surface area contributed by atoms with Crippen LogP contribution in [0.25, 0.3) is 11.1 Å². The molecule has 5 rings (SSSR count). The predicted molar refractivity (Wildman–Crippen MR) is 128 cm³/mol. The third-order valence-electron chi connectivity index (χ3n) is 7.79. The summed E-state index contributed by atoms with van der Waals surface area (Å²) in [7, 11) is 0. The Hall–Kier alpha value is -2.73. The lowest BCUT2D eigenvalue weighted by Gasteiger charge is -2.45. The van der Waals surface area contributed by atoms with Crippen LogP contribution in [0.2, 0.25) is 5.02 Å². The summed E-state index contributed by atoms with van der Waals surface area (Å²) in [5, 5.41) is 3.93. The van der Waals surface area contributed by atoms with Crippen molar-refractivity contribution >= 4 is 34.5 Å². The quantitative estimate of drug-likeness (QED) is 0.570. The fourth-order valence-electron chi connectivity index (χ4n) is 5.45. The highest BCUT2D eigenvalue weighted by atomic mass is 35.5. The van der Waals surface area contributed by atoms with Gasteiger partial charge < -0.3 is 19.2 Å². The molecule has 1 aliphatic heterocycles. The van der Waals surface area contributed by atoms with E-state index >= 15 is 0 Å². The van der Waals surface area contributed by atoms with E-state index in [4.69, 9.17) is 16.0 Å². The van der Waals surface area contributed by atoms with Crippen LogP contribution in [0.15, 0.2) is 47.1 Å². The number of furan rings is 1. The monoisotopic (exact) mass is 467 g/mol. The van der Waals surface area contributed by atoms with E-state index in [1.54, 1.807) is 23.3 Å². The summed E-state index contributed by atoms with van der Waals surface area (Å²) < 4.78 is 7.47. The summed E-state index contributed by atoms with van der Waals surface area (Å²) >= 11 is 6.21. The maximum Gasteiger partial charge on any atom is 0.271 e. The third-order valence-corrected chi connectivity index (χ3v) is 8.03. The molecule has 0 spiro atoms. The number of aromatic nitrogens is 1. The minimum Gasteiger partial charge on any atom is -0.463 e. The van der Waals surface area contributed by atoms with Crippen molar-refractivity contribution in [1.29, 1.82) is 0 Å². The summed E-state index contributed by atoms with van der Waals surface area (Å²) in [6.07, 6.45) is 4.88. The molecule has 1 aliphatic carbocycles. The number of hydrogen-bond donors (Lipinski definition) is 1. The Morgan fingerprint density at radius 3 is 2.85 bits per heavy atom. The highest BCUT2D eigenvalue weighted by Crippen LogP contribution is 2.35. The van der Waals surface area contributed by atoms with Crippen LogP contribution >= 0.6 is 11.6 Å². The van der Waals surface area contributed by atoms with Crippen molar-refractivity contribution in [2.24, 2.45) is 11.8 Å². The summed E-state index contributed by atoms with van der Waals surface area (Å²) in [6.45, 7) is 7.00. The summed E-state index contributed by atoms with van der Waals surface area (Å²) in [6, 6.07) is 11.2. The molecule has 1 fully saturated rings. The van der Waals surface area contributed by atoms with Gasteiger partial charge in [0.25, 0.3) is 5.91 Å². The van der Waals surface area contributed by atoms with Crippen LogP contribution in [-0.4, -0.2) is 32.9 Å². The number of benzene rings is 1. The standard InChI is InChI=1S/C26H30ClN3O3/c1-16-6-4-9-20(17(16)2)28-25(32)26(3)15-29-21-10-11-33-23(21)13-22(29)24(31)30(26)14-18-7-5-8-19(27)12-18/h5,7-8,10-13,16-17,20H,4,6,9,14-15H2,1-3H3,(H,28,32). The molecule has 7 heteroatoms. The minimum atomic E-state index is -1.06. The second kappa shape index (κ2) is 8.24. The Bertz CT molecular complexity index is 1210. The van der Waals surface area contributed by atoms with Crippen molar-refractivity contribution in [2.45, 2.75) is 64.7 Å². The van der Waals surface area contributed by atoms with Gasteiger partial charge in [0.2, 0.25) is 5.91 Å². The normalized spacial score (nSPS) is 27.6. The van der Waals surface area contributed by atoms with E-state index < -0.39 is 5.54 Å². The zero-order valence-corrected chi connectivity index (χ0v) is 20.1. The lowest BCUT2D eigenvalue weighted by Crippen LogP contribution is -2.65. The number of rotatable bonds is 4. The summed E-state index contributed by atoms with van der Waals surface area (Å²) in [4.78, 5) is 29.3. The fourth-order valence-corrected chi connectivity index (χ4v) is 5.66. The number of hydrogen-bond acceptors (Lipinski definition) is 3. The van der Waals surface area contributed by atoms with Crippen molar-refractivity contribution in [2.75, 3.05) is 0 Å². The first-order chi connectivity index (χ1) is 15.8. The van der Waals surface area contributed by atoms with Crippen LogP contribution in [0.5, 0.6) is 0 Å². The number of nitrogens with one attached hydrogen (secondary N) is 1. The molecule has 2 amide bonds. The van der Waals surface area contributed by atoms with Crippen LogP contribution < -0.4 is 5.32 Å². The molecule has 2 aliphatic rings. The van der Waals surface area contributed by atoms with E-state index in [0.717, 1.165) is 23.9 Å². The van der Waals surface area contributed by atoms with Crippen molar-refractivity contribution in [3.8, 4) is 0 Å². The first-order valence-corrected chi connectivity index (χ1v) is 12.1. The molecule has 1 saturated carbocycles. The van der Waals surface area contributed by atoms with Gasteiger partial charge in [0.15, 0.2) is 5.58 Å². The largest absolute Gasteiger partial charge is 0.463 e. The third kappa shape index (κ3) is 3.74. The van der Waals surface area contributed by atoms with Crippen molar-refractivity contribution in [3.05, 3.63) is 58.9 Å². The number of amides is 2. The molecule has 3 heterocycles. The Kier molecular flexibility index (Phi) is 5.52. The van der Waals surface area contributed by atoms with Gasteiger partial charge in [0.1, 0.15) is 11.2 Å². The van der Waals surface area contributed by atoms with Gasteiger partial charge in [-0.25, -0.2) is 0 Å². The van der Waals surface area contributed by atoms with Gasteiger partial charge in [-0.2, -0.15) is 0 Å². The average molecular weight is 468 g/mol. The maximum absolute atomic E-state index is 13.9. The lowest BCUT2D eigenvalue weighted by atomic mass is 9.77. The smallest absolute Gasteiger partial charge is 0.271 e. The molecular weight excluding hydrogens is 438 g/mol. The van der Waals surface area contributed by atoms with Crippen LogP contribution in [0.4, 0.5) is 0 Å². The second-order valence-corrected chi connectivity index (χ2v) is 10.4. The topological polar surface area (TPSA) is 67.5 Å². The van der Waals surface area contributed by atoms with Gasteiger partial charge in [-0.3, -0.25) is 9.59 Å². The Balaban J connectivity index is 1.53. The second-order valence-electron chi connectivity index (χ2n) is 9.93.